The lowest BCUT2D eigenvalue weighted by Crippen LogP contribution is -2.29. The van der Waals surface area contributed by atoms with E-state index in [1.54, 1.807) is 12.1 Å². The largest absolute Gasteiger partial charge is 0.465 e. The summed E-state index contributed by atoms with van der Waals surface area (Å²) in [6, 6.07) is 14.1. The molecule has 0 saturated carbocycles. The lowest BCUT2D eigenvalue weighted by atomic mass is 10.1. The zero-order valence-electron chi connectivity index (χ0n) is 14.3. The van der Waals surface area contributed by atoms with Gasteiger partial charge in [0.2, 0.25) is 10.0 Å². The molecule has 0 unspecified atom stereocenters. The Hall–Kier alpha value is -2.55. The van der Waals surface area contributed by atoms with E-state index in [-0.39, 0.29) is 10.5 Å². The van der Waals surface area contributed by atoms with Crippen molar-refractivity contribution < 1.29 is 22.3 Å². The summed E-state index contributed by atoms with van der Waals surface area (Å²) in [7, 11) is -2.63. The van der Waals surface area contributed by atoms with E-state index >= 15 is 0 Å². The molecule has 5 nitrogen and oxygen atoms in total. The van der Waals surface area contributed by atoms with Gasteiger partial charge in [-0.2, -0.15) is 4.72 Å². The van der Waals surface area contributed by atoms with Crippen LogP contribution < -0.4 is 4.72 Å². The minimum atomic E-state index is -3.88. The lowest BCUT2D eigenvalue weighted by molar-refractivity contribution is 0.0600. The van der Waals surface area contributed by atoms with Gasteiger partial charge in [-0.1, -0.05) is 18.2 Å². The Labute approximate surface area is 160 Å². The van der Waals surface area contributed by atoms with Gasteiger partial charge in [0, 0.05) is 4.88 Å². The summed E-state index contributed by atoms with van der Waals surface area (Å²) in [5.41, 5.74) is 0.874. The van der Waals surface area contributed by atoms with Crippen molar-refractivity contribution in [1.29, 1.82) is 0 Å². The highest BCUT2D eigenvalue weighted by atomic mass is 32.2. The van der Waals surface area contributed by atoms with Crippen LogP contribution in [0.3, 0.4) is 0 Å². The summed E-state index contributed by atoms with van der Waals surface area (Å²) in [6.45, 7) is 0. The maximum absolute atomic E-state index is 13.3. The molecule has 1 atom stereocenters. The molecule has 2 aromatic carbocycles. The molecule has 0 aliphatic rings. The van der Waals surface area contributed by atoms with Crippen molar-refractivity contribution in [2.75, 3.05) is 7.11 Å². The Bertz CT molecular complexity index is 1010. The molecule has 27 heavy (non-hydrogen) atoms. The zero-order chi connectivity index (χ0) is 19.4. The molecule has 0 amide bonds. The van der Waals surface area contributed by atoms with Gasteiger partial charge in [0.15, 0.2) is 0 Å². The number of rotatable bonds is 6. The Balaban J connectivity index is 1.92. The molecule has 1 N–H and O–H groups in total. The highest BCUT2D eigenvalue weighted by Gasteiger charge is 2.24. The Morgan fingerprint density at radius 2 is 1.74 bits per heavy atom. The van der Waals surface area contributed by atoms with Crippen molar-refractivity contribution in [2.45, 2.75) is 10.9 Å². The van der Waals surface area contributed by atoms with Crippen molar-refractivity contribution in [3.8, 4) is 0 Å². The normalized spacial score (nSPS) is 12.5. The molecule has 0 spiro atoms. The molecule has 140 valence electrons. The minimum absolute atomic E-state index is 0.0128. The van der Waals surface area contributed by atoms with E-state index in [9.17, 15) is 17.6 Å². The topological polar surface area (TPSA) is 72.5 Å². The lowest BCUT2D eigenvalue weighted by Gasteiger charge is -2.18. The molecule has 3 aromatic rings. The third-order valence-electron chi connectivity index (χ3n) is 3.89. The van der Waals surface area contributed by atoms with Crippen molar-refractivity contribution in [2.24, 2.45) is 0 Å². The first-order valence-corrected chi connectivity index (χ1v) is 10.3. The fraction of sp³-hybridized carbons (Fsp3) is 0.105. The van der Waals surface area contributed by atoms with E-state index in [2.05, 4.69) is 9.46 Å². The van der Waals surface area contributed by atoms with Gasteiger partial charge >= 0.3 is 5.97 Å². The fourth-order valence-electron chi connectivity index (χ4n) is 2.51. The van der Waals surface area contributed by atoms with Crippen LogP contribution in [0.2, 0.25) is 0 Å². The predicted octanol–water partition coefficient (Wildman–Crippen LogP) is 3.74. The Kier molecular flexibility index (Phi) is 5.69. The second kappa shape index (κ2) is 7.99. The van der Waals surface area contributed by atoms with Crippen molar-refractivity contribution in [3.05, 3.63) is 87.9 Å². The number of carbonyl (C=O) groups excluding carboxylic acids is 1. The molecular formula is C19H16FNO4S2. The van der Waals surface area contributed by atoms with Gasteiger partial charge in [-0.3, -0.25) is 0 Å². The molecule has 0 aliphatic heterocycles. The van der Waals surface area contributed by atoms with Crippen LogP contribution in [0.1, 0.15) is 26.8 Å². The number of benzene rings is 2. The second-order valence-corrected chi connectivity index (χ2v) is 8.33. The van der Waals surface area contributed by atoms with Crippen LogP contribution in [-0.4, -0.2) is 21.5 Å². The number of methoxy groups -OCH3 is 1. The van der Waals surface area contributed by atoms with E-state index < -0.39 is 27.9 Å². The van der Waals surface area contributed by atoms with Crippen LogP contribution in [0.15, 0.2) is 70.9 Å². The Morgan fingerprint density at radius 3 is 2.30 bits per heavy atom. The van der Waals surface area contributed by atoms with Gasteiger partial charge < -0.3 is 4.74 Å². The van der Waals surface area contributed by atoms with Crippen LogP contribution in [0.5, 0.6) is 0 Å². The molecule has 0 fully saturated rings. The average Bonchev–Trinajstić information content (AvgIpc) is 3.21. The predicted molar refractivity (Wildman–Crippen MR) is 101 cm³/mol. The number of halogens is 1. The SMILES string of the molecule is COC(=O)c1ccc(S(=O)(=O)N[C@H](c2ccc(F)cc2)c2cccs2)cc1. The summed E-state index contributed by atoms with van der Waals surface area (Å²) >= 11 is 1.39. The molecule has 0 aliphatic carbocycles. The molecule has 3 rings (SSSR count). The van der Waals surface area contributed by atoms with Gasteiger partial charge in [0.05, 0.1) is 23.6 Å². The van der Waals surface area contributed by atoms with Crippen LogP contribution in [-0.2, 0) is 14.8 Å². The summed E-state index contributed by atoms with van der Waals surface area (Å²) < 4.78 is 46.2. The zero-order valence-corrected chi connectivity index (χ0v) is 15.9. The number of carbonyl (C=O) groups is 1. The monoisotopic (exact) mass is 405 g/mol. The maximum Gasteiger partial charge on any atom is 0.337 e. The smallest absolute Gasteiger partial charge is 0.337 e. The number of nitrogens with one attached hydrogen (secondary N) is 1. The number of ether oxygens (including phenoxy) is 1. The van der Waals surface area contributed by atoms with Crippen LogP contribution >= 0.6 is 11.3 Å². The first-order valence-electron chi connectivity index (χ1n) is 7.90. The first kappa shape index (κ1) is 19.2. The van der Waals surface area contributed by atoms with Gasteiger partial charge in [-0.15, -0.1) is 11.3 Å². The molecule has 0 saturated heterocycles. The summed E-state index contributed by atoms with van der Waals surface area (Å²) in [5, 5.41) is 1.84. The summed E-state index contributed by atoms with van der Waals surface area (Å²) in [6.07, 6.45) is 0. The van der Waals surface area contributed by atoms with Crippen molar-refractivity contribution in [3.63, 3.8) is 0 Å². The summed E-state index contributed by atoms with van der Waals surface area (Å²) in [4.78, 5) is 12.3. The quantitative estimate of drug-likeness (QED) is 0.634. The van der Waals surface area contributed by atoms with E-state index in [1.165, 1.54) is 54.8 Å². The Morgan fingerprint density at radius 1 is 1.07 bits per heavy atom. The van der Waals surface area contributed by atoms with Crippen LogP contribution in [0.4, 0.5) is 4.39 Å². The first-order chi connectivity index (χ1) is 12.9. The number of hydrogen-bond acceptors (Lipinski definition) is 5. The standard InChI is InChI=1S/C19H16FNO4S2/c1-25-19(22)14-6-10-16(11-7-14)27(23,24)21-18(17-3-2-12-26-17)13-4-8-15(20)9-5-13/h2-12,18,21H,1H3/t18-/m1/s1. The van der Waals surface area contributed by atoms with E-state index in [1.807, 2.05) is 17.5 Å². The molecule has 0 radical (unpaired) electrons. The van der Waals surface area contributed by atoms with E-state index in [0.717, 1.165) is 4.88 Å². The van der Waals surface area contributed by atoms with Gasteiger partial charge in [-0.05, 0) is 53.4 Å². The van der Waals surface area contributed by atoms with E-state index in [0.29, 0.717) is 5.56 Å². The van der Waals surface area contributed by atoms with Crippen LogP contribution in [0, 0.1) is 5.82 Å². The van der Waals surface area contributed by atoms with E-state index in [4.69, 9.17) is 0 Å². The minimum Gasteiger partial charge on any atom is -0.465 e. The van der Waals surface area contributed by atoms with Crippen molar-refractivity contribution >= 4 is 27.3 Å². The van der Waals surface area contributed by atoms with Gasteiger partial charge in [0.1, 0.15) is 5.82 Å². The van der Waals surface area contributed by atoms with Gasteiger partial charge in [0.25, 0.3) is 0 Å². The molecule has 1 heterocycles. The van der Waals surface area contributed by atoms with Crippen molar-refractivity contribution in [1.82, 2.24) is 4.72 Å². The van der Waals surface area contributed by atoms with Gasteiger partial charge in [-0.25, -0.2) is 17.6 Å². The number of sulfonamides is 1. The van der Waals surface area contributed by atoms with Crippen LogP contribution in [0.25, 0.3) is 0 Å². The number of thiophene rings is 1. The maximum atomic E-state index is 13.3. The highest BCUT2D eigenvalue weighted by Crippen LogP contribution is 2.28. The highest BCUT2D eigenvalue weighted by molar-refractivity contribution is 7.89. The molecule has 1 aromatic heterocycles. The second-order valence-electron chi connectivity index (χ2n) is 5.64. The fourth-order valence-corrected chi connectivity index (χ4v) is 4.59. The average molecular weight is 405 g/mol. The molecule has 8 heteroatoms. The number of hydrogen-bond donors (Lipinski definition) is 1. The number of esters is 1. The third-order valence-corrected chi connectivity index (χ3v) is 6.27. The third kappa shape index (κ3) is 4.41. The molecular weight excluding hydrogens is 389 g/mol. The summed E-state index contributed by atoms with van der Waals surface area (Å²) in [5.74, 6) is -0.945. The molecule has 0 bridgehead atoms.